The lowest BCUT2D eigenvalue weighted by atomic mass is 9.98. The highest BCUT2D eigenvalue weighted by molar-refractivity contribution is 6.30. The van der Waals surface area contributed by atoms with Crippen molar-refractivity contribution in [1.82, 2.24) is 5.32 Å². The molecule has 1 amide bonds. The van der Waals surface area contributed by atoms with E-state index >= 15 is 0 Å². The summed E-state index contributed by atoms with van der Waals surface area (Å²) in [6.07, 6.45) is -1.05. The van der Waals surface area contributed by atoms with E-state index in [1.165, 1.54) is 7.11 Å². The maximum atomic E-state index is 12.7. The number of carbonyl (C=O) groups excluding carboxylic acids is 1. The number of rotatable bonds is 7. The first-order valence-electron chi connectivity index (χ1n) is 10.1. The Hall–Kier alpha value is -3.51. The van der Waals surface area contributed by atoms with Crippen molar-refractivity contribution in [2.24, 2.45) is 0 Å². The van der Waals surface area contributed by atoms with E-state index < -0.39 is 18.1 Å². The van der Waals surface area contributed by atoms with Crippen LogP contribution in [0.3, 0.4) is 0 Å². The molecule has 164 valence electrons. The van der Waals surface area contributed by atoms with Crippen LogP contribution in [0.1, 0.15) is 35.1 Å². The molecule has 1 atom stereocenters. The number of nitrogens with one attached hydrogen (secondary N) is 1. The van der Waals surface area contributed by atoms with Gasteiger partial charge >= 0.3 is 12.1 Å². The number of hydrogen-bond donors (Lipinski definition) is 2. The number of hydrogen-bond acceptors (Lipinski definition) is 4. The maximum Gasteiger partial charge on any atom is 0.407 e. The molecule has 0 saturated carbocycles. The van der Waals surface area contributed by atoms with Gasteiger partial charge in [0.25, 0.3) is 0 Å². The van der Waals surface area contributed by atoms with E-state index in [1.807, 2.05) is 36.4 Å². The number of amides is 1. The zero-order valence-electron chi connectivity index (χ0n) is 17.4. The molecule has 3 aromatic carbocycles. The standard InChI is InChI=1S/C25H22ClNO5/c1-31-23-11-10-15(26)12-20(23)22(13-24(28)29)27-25(30)32-14-21-18-8-4-2-6-16(18)17-7-3-5-9-19(17)21/h2-12,21-22H,13-14H2,1H3,(H,27,30)(H,28,29). The molecule has 0 fully saturated rings. The van der Waals surface area contributed by atoms with E-state index in [0.717, 1.165) is 22.3 Å². The fourth-order valence-electron chi connectivity index (χ4n) is 4.17. The Morgan fingerprint density at radius 3 is 2.25 bits per heavy atom. The number of fused-ring (bicyclic) bond motifs is 3. The largest absolute Gasteiger partial charge is 0.496 e. The van der Waals surface area contributed by atoms with Crippen molar-refractivity contribution in [2.45, 2.75) is 18.4 Å². The van der Waals surface area contributed by atoms with Gasteiger partial charge < -0.3 is 19.9 Å². The van der Waals surface area contributed by atoms with E-state index in [-0.39, 0.29) is 18.9 Å². The third-order valence-corrected chi connectivity index (χ3v) is 5.82. The Kier molecular flexibility index (Phi) is 6.32. The second kappa shape index (κ2) is 9.32. The number of aliphatic carboxylic acids is 1. The lowest BCUT2D eigenvalue weighted by Crippen LogP contribution is -2.32. The van der Waals surface area contributed by atoms with Crippen molar-refractivity contribution in [1.29, 1.82) is 0 Å². The second-order valence-corrected chi connectivity index (χ2v) is 7.94. The summed E-state index contributed by atoms with van der Waals surface area (Å²) in [6, 6.07) is 20.1. The summed E-state index contributed by atoms with van der Waals surface area (Å²) >= 11 is 6.09. The van der Waals surface area contributed by atoms with Gasteiger partial charge in [-0.3, -0.25) is 4.79 Å². The molecule has 4 rings (SSSR count). The molecule has 7 heteroatoms. The predicted octanol–water partition coefficient (Wildman–Crippen LogP) is 5.40. The van der Waals surface area contributed by atoms with Crippen LogP contribution in [0.25, 0.3) is 11.1 Å². The van der Waals surface area contributed by atoms with Crippen LogP contribution in [-0.2, 0) is 9.53 Å². The highest BCUT2D eigenvalue weighted by atomic mass is 35.5. The highest BCUT2D eigenvalue weighted by Gasteiger charge is 2.30. The number of benzene rings is 3. The first-order valence-corrected chi connectivity index (χ1v) is 10.5. The monoisotopic (exact) mass is 451 g/mol. The summed E-state index contributed by atoms with van der Waals surface area (Å²) in [5.74, 6) is -0.734. The molecular formula is C25H22ClNO5. The molecule has 0 aromatic heterocycles. The van der Waals surface area contributed by atoms with Crippen molar-refractivity contribution in [3.63, 3.8) is 0 Å². The molecule has 2 N–H and O–H groups in total. The van der Waals surface area contributed by atoms with Gasteiger partial charge in [-0.1, -0.05) is 60.1 Å². The number of carboxylic acids is 1. The minimum Gasteiger partial charge on any atom is -0.496 e. The topological polar surface area (TPSA) is 84.9 Å². The van der Waals surface area contributed by atoms with E-state index in [1.54, 1.807) is 18.2 Å². The van der Waals surface area contributed by atoms with Crippen LogP contribution in [0.15, 0.2) is 66.7 Å². The van der Waals surface area contributed by atoms with Crippen LogP contribution in [0.4, 0.5) is 4.79 Å². The van der Waals surface area contributed by atoms with Gasteiger partial charge in [-0.25, -0.2) is 4.79 Å². The number of methoxy groups -OCH3 is 1. The van der Waals surface area contributed by atoms with Crippen molar-refractivity contribution in [2.75, 3.05) is 13.7 Å². The van der Waals surface area contributed by atoms with Gasteiger partial charge in [0.1, 0.15) is 12.4 Å². The zero-order chi connectivity index (χ0) is 22.7. The number of ether oxygens (including phenoxy) is 2. The molecule has 0 saturated heterocycles. The van der Waals surface area contributed by atoms with Crippen LogP contribution in [0.2, 0.25) is 5.02 Å². The Balaban J connectivity index is 1.51. The fourth-order valence-corrected chi connectivity index (χ4v) is 4.35. The lowest BCUT2D eigenvalue weighted by Gasteiger charge is -2.21. The van der Waals surface area contributed by atoms with E-state index in [4.69, 9.17) is 21.1 Å². The van der Waals surface area contributed by atoms with E-state index in [0.29, 0.717) is 16.3 Å². The molecule has 6 nitrogen and oxygen atoms in total. The molecule has 0 aliphatic heterocycles. The molecule has 0 bridgehead atoms. The number of carboxylic acid groups (broad SMARTS) is 1. The first-order chi connectivity index (χ1) is 15.5. The average Bonchev–Trinajstić information content (AvgIpc) is 3.11. The minimum absolute atomic E-state index is 0.0909. The third-order valence-electron chi connectivity index (χ3n) is 5.58. The van der Waals surface area contributed by atoms with E-state index in [9.17, 15) is 14.7 Å². The summed E-state index contributed by atoms with van der Waals surface area (Å²) in [4.78, 5) is 24.1. The quantitative estimate of drug-likeness (QED) is 0.502. The molecule has 0 radical (unpaired) electrons. The van der Waals surface area contributed by atoms with Crippen molar-refractivity contribution < 1.29 is 24.2 Å². The minimum atomic E-state index is -1.07. The molecule has 32 heavy (non-hydrogen) atoms. The lowest BCUT2D eigenvalue weighted by molar-refractivity contribution is -0.137. The Bertz CT molecular complexity index is 1120. The molecular weight excluding hydrogens is 430 g/mol. The smallest absolute Gasteiger partial charge is 0.407 e. The van der Waals surface area contributed by atoms with Crippen LogP contribution >= 0.6 is 11.6 Å². The van der Waals surface area contributed by atoms with Crippen LogP contribution in [0, 0.1) is 0 Å². The zero-order valence-corrected chi connectivity index (χ0v) is 18.1. The summed E-state index contributed by atoms with van der Waals surface area (Å²) in [6.45, 7) is 0.131. The third kappa shape index (κ3) is 4.41. The summed E-state index contributed by atoms with van der Waals surface area (Å²) < 4.78 is 10.9. The second-order valence-electron chi connectivity index (χ2n) is 7.51. The number of carbonyl (C=O) groups is 2. The normalized spacial score (nSPS) is 13.1. The van der Waals surface area contributed by atoms with Crippen molar-refractivity contribution in [3.05, 3.63) is 88.4 Å². The van der Waals surface area contributed by atoms with Gasteiger partial charge in [-0.15, -0.1) is 0 Å². The molecule has 1 unspecified atom stereocenters. The van der Waals surface area contributed by atoms with Gasteiger partial charge in [0, 0.05) is 16.5 Å². The Morgan fingerprint density at radius 1 is 1.03 bits per heavy atom. The summed E-state index contributed by atoms with van der Waals surface area (Å²) in [7, 11) is 1.47. The summed E-state index contributed by atoms with van der Waals surface area (Å²) in [5, 5.41) is 12.4. The summed E-state index contributed by atoms with van der Waals surface area (Å²) in [5.41, 5.74) is 4.92. The van der Waals surface area contributed by atoms with Crippen molar-refractivity contribution >= 4 is 23.7 Å². The number of alkyl carbamates (subject to hydrolysis) is 1. The Morgan fingerprint density at radius 2 is 1.66 bits per heavy atom. The molecule has 3 aromatic rings. The highest BCUT2D eigenvalue weighted by Crippen LogP contribution is 2.44. The SMILES string of the molecule is COc1ccc(Cl)cc1C(CC(=O)O)NC(=O)OCC1c2ccccc2-c2ccccc21. The maximum absolute atomic E-state index is 12.7. The van der Waals surface area contributed by atoms with E-state index in [2.05, 4.69) is 17.4 Å². The average molecular weight is 452 g/mol. The first kappa shape index (κ1) is 21.7. The number of halogens is 1. The molecule has 1 aliphatic rings. The van der Waals surface area contributed by atoms with Gasteiger partial charge in [-0.05, 0) is 40.5 Å². The van der Waals surface area contributed by atoms with Gasteiger partial charge in [0.2, 0.25) is 0 Å². The van der Waals surface area contributed by atoms with Gasteiger partial charge in [0.15, 0.2) is 0 Å². The molecule has 0 heterocycles. The fraction of sp³-hybridized carbons (Fsp3) is 0.200. The predicted molar refractivity (Wildman–Crippen MR) is 121 cm³/mol. The van der Waals surface area contributed by atoms with Crippen molar-refractivity contribution in [3.8, 4) is 16.9 Å². The molecule has 0 spiro atoms. The van der Waals surface area contributed by atoms with Gasteiger partial charge in [0.05, 0.1) is 19.6 Å². The van der Waals surface area contributed by atoms with Gasteiger partial charge in [-0.2, -0.15) is 0 Å². The Labute approximate surface area is 190 Å². The molecule has 1 aliphatic carbocycles. The van der Waals surface area contributed by atoms with Crippen LogP contribution < -0.4 is 10.1 Å². The van der Waals surface area contributed by atoms with Crippen LogP contribution in [0.5, 0.6) is 5.75 Å². The van der Waals surface area contributed by atoms with Crippen LogP contribution in [-0.4, -0.2) is 30.9 Å².